The number of carbonyl (C=O) groups is 1. The third-order valence-electron chi connectivity index (χ3n) is 3.19. The molecule has 1 aromatic rings. The summed E-state index contributed by atoms with van der Waals surface area (Å²) in [4.78, 5) is 15.5. The first kappa shape index (κ1) is 11.9. The molecule has 2 N–H and O–H groups in total. The Bertz CT molecular complexity index is 414. The molecule has 0 spiro atoms. The summed E-state index contributed by atoms with van der Waals surface area (Å²) in [5.74, 6) is -0.303. The highest BCUT2D eigenvalue weighted by molar-refractivity contribution is 5.79. The molecule has 1 saturated heterocycles. The Labute approximate surface area is 99.8 Å². The van der Waals surface area contributed by atoms with Gasteiger partial charge in [-0.25, -0.2) is 4.98 Å². The Balaban J connectivity index is 2.26. The van der Waals surface area contributed by atoms with Crippen molar-refractivity contribution in [3.05, 3.63) is 23.9 Å². The standard InChI is InChI=1S/C12H16N2O3/c1-17-10-9(4-2-6-13-10)8-12(11(15)16)5-3-7-14-12/h2,4,6,14H,3,5,7-8H2,1H3,(H,15,16). The zero-order chi connectivity index (χ0) is 12.3. The highest BCUT2D eigenvalue weighted by Gasteiger charge is 2.41. The third kappa shape index (κ3) is 2.24. The van der Waals surface area contributed by atoms with E-state index in [0.29, 0.717) is 18.7 Å². The first-order valence-corrected chi connectivity index (χ1v) is 5.64. The number of carboxylic acids is 1. The lowest BCUT2D eigenvalue weighted by Gasteiger charge is -2.24. The van der Waals surface area contributed by atoms with Crippen LogP contribution in [0.1, 0.15) is 18.4 Å². The minimum Gasteiger partial charge on any atom is -0.481 e. The maximum absolute atomic E-state index is 11.4. The number of aliphatic carboxylic acids is 1. The summed E-state index contributed by atoms with van der Waals surface area (Å²) < 4.78 is 5.15. The van der Waals surface area contributed by atoms with Crippen LogP contribution in [0.15, 0.2) is 18.3 Å². The smallest absolute Gasteiger partial charge is 0.324 e. The fraction of sp³-hybridized carbons (Fsp3) is 0.500. The number of methoxy groups -OCH3 is 1. The van der Waals surface area contributed by atoms with Crippen molar-refractivity contribution in [1.82, 2.24) is 10.3 Å². The summed E-state index contributed by atoms with van der Waals surface area (Å²) in [7, 11) is 1.54. The molecule has 2 rings (SSSR count). The predicted molar refractivity (Wildman–Crippen MR) is 62.1 cm³/mol. The number of aromatic nitrogens is 1. The molecule has 1 aliphatic rings. The fourth-order valence-corrected chi connectivity index (χ4v) is 2.28. The highest BCUT2D eigenvalue weighted by atomic mass is 16.5. The Morgan fingerprint density at radius 3 is 3.12 bits per heavy atom. The lowest BCUT2D eigenvalue weighted by atomic mass is 9.90. The van der Waals surface area contributed by atoms with E-state index in [1.165, 1.54) is 0 Å². The van der Waals surface area contributed by atoms with E-state index >= 15 is 0 Å². The van der Waals surface area contributed by atoms with Crippen molar-refractivity contribution in [2.24, 2.45) is 0 Å². The number of carboxylic acid groups (broad SMARTS) is 1. The van der Waals surface area contributed by atoms with Crippen LogP contribution in [0, 0.1) is 0 Å². The number of nitrogens with one attached hydrogen (secondary N) is 1. The molecule has 1 fully saturated rings. The average Bonchev–Trinajstić information content (AvgIpc) is 2.80. The minimum absolute atomic E-state index is 0.402. The van der Waals surface area contributed by atoms with E-state index in [1.807, 2.05) is 6.07 Å². The summed E-state index contributed by atoms with van der Waals surface area (Å²) in [5.41, 5.74) is -0.0390. The number of nitrogens with zero attached hydrogens (tertiary/aromatic N) is 1. The van der Waals surface area contributed by atoms with Gasteiger partial charge < -0.3 is 15.2 Å². The van der Waals surface area contributed by atoms with E-state index in [1.54, 1.807) is 19.4 Å². The van der Waals surface area contributed by atoms with Crippen LogP contribution in [-0.4, -0.2) is 35.3 Å². The van der Waals surface area contributed by atoms with E-state index in [0.717, 1.165) is 18.5 Å². The molecule has 0 saturated carbocycles. The minimum atomic E-state index is -0.865. The van der Waals surface area contributed by atoms with Gasteiger partial charge in [-0.2, -0.15) is 0 Å². The fourth-order valence-electron chi connectivity index (χ4n) is 2.28. The molecule has 5 nitrogen and oxygen atoms in total. The molecule has 0 amide bonds. The maximum atomic E-state index is 11.4. The number of rotatable bonds is 4. The Morgan fingerprint density at radius 1 is 1.71 bits per heavy atom. The summed E-state index contributed by atoms with van der Waals surface area (Å²) in [6.45, 7) is 0.745. The summed E-state index contributed by atoms with van der Waals surface area (Å²) in [6.07, 6.45) is 3.56. The van der Waals surface area contributed by atoms with E-state index in [2.05, 4.69) is 10.3 Å². The molecule has 2 heterocycles. The van der Waals surface area contributed by atoms with Crippen LogP contribution < -0.4 is 10.1 Å². The van der Waals surface area contributed by atoms with Gasteiger partial charge in [0.2, 0.25) is 5.88 Å². The lowest BCUT2D eigenvalue weighted by Crippen LogP contribution is -2.49. The second-order valence-electron chi connectivity index (χ2n) is 4.27. The van der Waals surface area contributed by atoms with Crippen LogP contribution in [0.3, 0.4) is 0 Å². The summed E-state index contributed by atoms with van der Waals surface area (Å²) in [5, 5.41) is 12.5. The van der Waals surface area contributed by atoms with Crippen LogP contribution in [-0.2, 0) is 11.2 Å². The second kappa shape index (κ2) is 4.71. The molecule has 0 bridgehead atoms. The van der Waals surface area contributed by atoms with Gasteiger partial charge in [-0.1, -0.05) is 6.07 Å². The molecule has 5 heteroatoms. The molecule has 0 radical (unpaired) electrons. The van der Waals surface area contributed by atoms with Gasteiger partial charge in [0.15, 0.2) is 0 Å². The van der Waals surface area contributed by atoms with Gasteiger partial charge in [-0.05, 0) is 25.5 Å². The van der Waals surface area contributed by atoms with Crippen LogP contribution >= 0.6 is 0 Å². The van der Waals surface area contributed by atoms with E-state index in [9.17, 15) is 9.90 Å². The summed E-state index contributed by atoms with van der Waals surface area (Å²) >= 11 is 0. The normalized spacial score (nSPS) is 23.6. The zero-order valence-electron chi connectivity index (χ0n) is 9.77. The monoisotopic (exact) mass is 236 g/mol. The van der Waals surface area contributed by atoms with Crippen LogP contribution in [0.5, 0.6) is 5.88 Å². The molecular formula is C12H16N2O3. The van der Waals surface area contributed by atoms with Gasteiger partial charge in [-0.15, -0.1) is 0 Å². The molecule has 92 valence electrons. The van der Waals surface area contributed by atoms with Gasteiger partial charge >= 0.3 is 5.97 Å². The van der Waals surface area contributed by atoms with E-state index in [4.69, 9.17) is 4.74 Å². The molecule has 1 unspecified atom stereocenters. The van der Waals surface area contributed by atoms with Crippen molar-refractivity contribution < 1.29 is 14.6 Å². The number of hydrogen-bond acceptors (Lipinski definition) is 4. The highest BCUT2D eigenvalue weighted by Crippen LogP contribution is 2.27. The molecule has 1 aromatic heterocycles. The van der Waals surface area contributed by atoms with Crippen LogP contribution in [0.2, 0.25) is 0 Å². The van der Waals surface area contributed by atoms with Crippen molar-refractivity contribution in [1.29, 1.82) is 0 Å². The average molecular weight is 236 g/mol. The first-order valence-electron chi connectivity index (χ1n) is 5.64. The van der Waals surface area contributed by atoms with Gasteiger partial charge in [0, 0.05) is 18.2 Å². The lowest BCUT2D eigenvalue weighted by molar-refractivity contribution is -0.144. The van der Waals surface area contributed by atoms with Crippen molar-refractivity contribution in [2.45, 2.75) is 24.8 Å². The molecule has 1 aliphatic heterocycles. The zero-order valence-corrected chi connectivity index (χ0v) is 9.77. The van der Waals surface area contributed by atoms with Crippen molar-refractivity contribution in [3.63, 3.8) is 0 Å². The van der Waals surface area contributed by atoms with Crippen LogP contribution in [0.25, 0.3) is 0 Å². The first-order chi connectivity index (χ1) is 8.18. The molecule has 0 aliphatic carbocycles. The van der Waals surface area contributed by atoms with Crippen molar-refractivity contribution in [2.75, 3.05) is 13.7 Å². The van der Waals surface area contributed by atoms with Gasteiger partial charge in [0.1, 0.15) is 5.54 Å². The molecular weight excluding hydrogens is 220 g/mol. The van der Waals surface area contributed by atoms with Crippen LogP contribution in [0.4, 0.5) is 0 Å². The third-order valence-corrected chi connectivity index (χ3v) is 3.19. The largest absolute Gasteiger partial charge is 0.481 e. The second-order valence-corrected chi connectivity index (χ2v) is 4.27. The van der Waals surface area contributed by atoms with Gasteiger partial charge in [0.25, 0.3) is 0 Å². The summed E-state index contributed by atoms with van der Waals surface area (Å²) in [6, 6.07) is 3.65. The van der Waals surface area contributed by atoms with E-state index < -0.39 is 11.5 Å². The van der Waals surface area contributed by atoms with E-state index in [-0.39, 0.29) is 0 Å². The Morgan fingerprint density at radius 2 is 2.53 bits per heavy atom. The molecule has 0 aromatic carbocycles. The molecule has 17 heavy (non-hydrogen) atoms. The Kier molecular flexibility index (Phi) is 3.28. The van der Waals surface area contributed by atoms with Gasteiger partial charge in [0.05, 0.1) is 7.11 Å². The number of hydrogen-bond donors (Lipinski definition) is 2. The molecule has 1 atom stereocenters. The quantitative estimate of drug-likeness (QED) is 0.810. The number of pyridine rings is 1. The Hall–Kier alpha value is -1.62. The topological polar surface area (TPSA) is 71.5 Å². The van der Waals surface area contributed by atoms with Crippen molar-refractivity contribution >= 4 is 5.97 Å². The predicted octanol–water partition coefficient (Wildman–Crippen LogP) is 0.839. The SMILES string of the molecule is COc1ncccc1CC1(C(=O)O)CCCN1. The van der Waals surface area contributed by atoms with Crippen molar-refractivity contribution in [3.8, 4) is 5.88 Å². The van der Waals surface area contributed by atoms with Gasteiger partial charge in [-0.3, -0.25) is 4.79 Å². The maximum Gasteiger partial charge on any atom is 0.324 e. The number of ether oxygens (including phenoxy) is 1.